The highest BCUT2D eigenvalue weighted by atomic mass is 32.2. The molecule has 7 nitrogen and oxygen atoms in total. The summed E-state index contributed by atoms with van der Waals surface area (Å²) < 4.78 is 58.9. The molecule has 0 unspecified atom stereocenters. The Morgan fingerprint density at radius 2 is 1.89 bits per heavy atom. The molecular formula is C18H22F2N4O3S. The second kappa shape index (κ2) is 8.78. The van der Waals surface area contributed by atoms with Gasteiger partial charge in [0.2, 0.25) is 15.9 Å². The lowest BCUT2D eigenvalue weighted by molar-refractivity contribution is 0.309. The lowest BCUT2D eigenvalue weighted by atomic mass is 10.1. The van der Waals surface area contributed by atoms with Crippen LogP contribution in [0.1, 0.15) is 25.1 Å². The van der Waals surface area contributed by atoms with Crippen molar-refractivity contribution in [1.82, 2.24) is 14.7 Å². The molecule has 10 heteroatoms. The summed E-state index contributed by atoms with van der Waals surface area (Å²) in [5, 5.41) is 0. The van der Waals surface area contributed by atoms with E-state index in [1.807, 2.05) is 0 Å². The molecule has 0 atom stereocenters. The summed E-state index contributed by atoms with van der Waals surface area (Å²) in [6, 6.07) is 3.98. The Balaban J connectivity index is 1.59. The van der Waals surface area contributed by atoms with E-state index in [0.717, 1.165) is 43.9 Å². The van der Waals surface area contributed by atoms with Crippen molar-refractivity contribution in [2.24, 2.45) is 0 Å². The van der Waals surface area contributed by atoms with E-state index in [-0.39, 0.29) is 13.2 Å². The van der Waals surface area contributed by atoms with Gasteiger partial charge in [0, 0.05) is 25.7 Å². The molecule has 0 spiro atoms. The maximum Gasteiger partial charge on any atom is 0.243 e. The zero-order valence-electron chi connectivity index (χ0n) is 15.5. The minimum Gasteiger partial charge on any atom is -0.476 e. The number of hydrogen-bond donors (Lipinski definition) is 1. The molecule has 1 aliphatic rings. The number of hydrogen-bond acceptors (Lipinski definition) is 6. The Labute approximate surface area is 162 Å². The molecule has 0 aliphatic carbocycles. The first-order chi connectivity index (χ1) is 13.3. The van der Waals surface area contributed by atoms with Crippen molar-refractivity contribution in [3.63, 3.8) is 0 Å². The average molecular weight is 412 g/mol. The molecule has 1 aromatic carbocycles. The van der Waals surface area contributed by atoms with Crippen LogP contribution >= 0.6 is 0 Å². The molecule has 0 radical (unpaired) electrons. The van der Waals surface area contributed by atoms with Crippen LogP contribution < -0.4 is 14.4 Å². The van der Waals surface area contributed by atoms with Crippen LogP contribution in [0.25, 0.3) is 0 Å². The predicted molar refractivity (Wildman–Crippen MR) is 99.9 cm³/mol. The van der Waals surface area contributed by atoms with Gasteiger partial charge in [-0.15, -0.1) is 0 Å². The van der Waals surface area contributed by atoms with Gasteiger partial charge < -0.3 is 9.64 Å². The summed E-state index contributed by atoms with van der Waals surface area (Å²) >= 11 is 0. The van der Waals surface area contributed by atoms with Gasteiger partial charge in [-0.2, -0.15) is 4.98 Å². The van der Waals surface area contributed by atoms with Crippen LogP contribution in [-0.2, 0) is 10.0 Å². The molecular weight excluding hydrogens is 390 g/mol. The SMILES string of the molecule is Cc1nc(OCCNS(=O)(=O)c2cc(F)ccc2F)cc(N2CCCCC2)n1. The normalized spacial score (nSPS) is 14.9. The van der Waals surface area contributed by atoms with E-state index in [4.69, 9.17) is 4.74 Å². The first kappa shape index (κ1) is 20.4. The van der Waals surface area contributed by atoms with Gasteiger partial charge in [-0.05, 0) is 44.4 Å². The summed E-state index contributed by atoms with van der Waals surface area (Å²) in [5.41, 5.74) is 0. The first-order valence-electron chi connectivity index (χ1n) is 9.03. The maximum atomic E-state index is 13.7. The number of rotatable bonds is 7. The molecule has 1 N–H and O–H groups in total. The van der Waals surface area contributed by atoms with Gasteiger partial charge in [-0.25, -0.2) is 26.9 Å². The molecule has 2 aromatic rings. The minimum absolute atomic E-state index is 0.0218. The molecule has 0 amide bonds. The Kier molecular flexibility index (Phi) is 6.40. The fourth-order valence-electron chi connectivity index (χ4n) is 2.98. The Hall–Kier alpha value is -2.33. The van der Waals surface area contributed by atoms with Gasteiger partial charge in [0.25, 0.3) is 0 Å². The van der Waals surface area contributed by atoms with Crippen molar-refractivity contribution in [1.29, 1.82) is 0 Å². The van der Waals surface area contributed by atoms with Gasteiger partial charge in [-0.1, -0.05) is 0 Å². The molecule has 1 aliphatic heterocycles. The van der Waals surface area contributed by atoms with Crippen molar-refractivity contribution >= 4 is 15.8 Å². The number of nitrogens with zero attached hydrogens (tertiary/aromatic N) is 3. The van der Waals surface area contributed by atoms with Gasteiger partial charge in [0.1, 0.15) is 34.8 Å². The number of nitrogens with one attached hydrogen (secondary N) is 1. The third kappa shape index (κ3) is 5.14. The second-order valence-electron chi connectivity index (χ2n) is 6.48. The maximum absolute atomic E-state index is 13.7. The Morgan fingerprint density at radius 3 is 2.64 bits per heavy atom. The predicted octanol–water partition coefficient (Wildman–Crippen LogP) is 2.41. The van der Waals surface area contributed by atoms with Gasteiger partial charge >= 0.3 is 0 Å². The van der Waals surface area contributed by atoms with E-state index in [1.165, 1.54) is 6.42 Å². The lowest BCUT2D eigenvalue weighted by Gasteiger charge is -2.28. The van der Waals surface area contributed by atoms with E-state index < -0.39 is 26.6 Å². The molecule has 1 saturated heterocycles. The zero-order chi connectivity index (χ0) is 20.1. The van der Waals surface area contributed by atoms with Crippen molar-refractivity contribution in [2.75, 3.05) is 31.1 Å². The van der Waals surface area contributed by atoms with Crippen molar-refractivity contribution in [2.45, 2.75) is 31.1 Å². The van der Waals surface area contributed by atoms with E-state index in [1.54, 1.807) is 13.0 Å². The zero-order valence-corrected chi connectivity index (χ0v) is 16.3. The fourth-order valence-corrected chi connectivity index (χ4v) is 4.08. The number of aryl methyl sites for hydroxylation is 1. The smallest absolute Gasteiger partial charge is 0.243 e. The quantitative estimate of drug-likeness (QED) is 0.703. The van der Waals surface area contributed by atoms with Crippen molar-refractivity contribution in [3.8, 4) is 5.88 Å². The number of halogens is 2. The van der Waals surface area contributed by atoms with Crippen LogP contribution in [0.5, 0.6) is 5.88 Å². The number of anilines is 1. The van der Waals surface area contributed by atoms with E-state index in [9.17, 15) is 17.2 Å². The highest BCUT2D eigenvalue weighted by Gasteiger charge is 2.20. The van der Waals surface area contributed by atoms with Crippen molar-refractivity contribution < 1.29 is 21.9 Å². The Morgan fingerprint density at radius 1 is 1.14 bits per heavy atom. The number of benzene rings is 1. The molecule has 0 saturated carbocycles. The lowest BCUT2D eigenvalue weighted by Crippen LogP contribution is -2.31. The summed E-state index contributed by atoms with van der Waals surface area (Å²) in [6.45, 7) is 3.46. The minimum atomic E-state index is -4.19. The third-order valence-corrected chi connectivity index (χ3v) is 5.78. The van der Waals surface area contributed by atoms with Crippen LogP contribution in [0, 0.1) is 18.6 Å². The summed E-state index contributed by atoms with van der Waals surface area (Å²) in [6.07, 6.45) is 3.42. The molecule has 1 aromatic heterocycles. The fraction of sp³-hybridized carbons (Fsp3) is 0.444. The van der Waals surface area contributed by atoms with E-state index in [2.05, 4.69) is 19.6 Å². The van der Waals surface area contributed by atoms with Crippen LogP contribution in [0.4, 0.5) is 14.6 Å². The average Bonchev–Trinajstić information content (AvgIpc) is 2.67. The van der Waals surface area contributed by atoms with E-state index in [0.29, 0.717) is 17.8 Å². The van der Waals surface area contributed by atoms with Crippen LogP contribution in [0.15, 0.2) is 29.2 Å². The van der Waals surface area contributed by atoms with Gasteiger partial charge in [0.15, 0.2) is 0 Å². The molecule has 28 heavy (non-hydrogen) atoms. The topological polar surface area (TPSA) is 84.4 Å². The number of aromatic nitrogens is 2. The molecule has 152 valence electrons. The van der Waals surface area contributed by atoms with Gasteiger partial charge in [-0.3, -0.25) is 0 Å². The standard InChI is InChI=1S/C18H22F2N4O3S/c1-13-22-17(24-8-3-2-4-9-24)12-18(23-13)27-10-7-21-28(25,26)16-11-14(19)5-6-15(16)20/h5-6,11-12,21H,2-4,7-10H2,1H3. The van der Waals surface area contributed by atoms with Gasteiger partial charge in [0.05, 0.1) is 0 Å². The highest BCUT2D eigenvalue weighted by molar-refractivity contribution is 7.89. The monoisotopic (exact) mass is 412 g/mol. The number of piperidine rings is 1. The molecule has 2 heterocycles. The van der Waals surface area contributed by atoms with E-state index >= 15 is 0 Å². The third-order valence-electron chi connectivity index (χ3n) is 4.31. The number of ether oxygens (including phenoxy) is 1. The molecule has 0 bridgehead atoms. The first-order valence-corrected chi connectivity index (χ1v) is 10.5. The van der Waals surface area contributed by atoms with Crippen LogP contribution in [-0.4, -0.2) is 44.6 Å². The van der Waals surface area contributed by atoms with Crippen molar-refractivity contribution in [3.05, 3.63) is 41.7 Å². The summed E-state index contributed by atoms with van der Waals surface area (Å²) in [4.78, 5) is 10.1. The molecule has 3 rings (SSSR count). The van der Waals surface area contributed by atoms with Crippen LogP contribution in [0.2, 0.25) is 0 Å². The largest absolute Gasteiger partial charge is 0.476 e. The number of sulfonamides is 1. The molecule has 1 fully saturated rings. The summed E-state index contributed by atoms with van der Waals surface area (Å²) in [5.74, 6) is -0.179. The Bertz CT molecular complexity index is 934. The van der Waals surface area contributed by atoms with Crippen LogP contribution in [0.3, 0.4) is 0 Å². The summed E-state index contributed by atoms with van der Waals surface area (Å²) in [7, 11) is -4.19. The second-order valence-corrected chi connectivity index (χ2v) is 8.22. The highest BCUT2D eigenvalue weighted by Crippen LogP contribution is 2.21.